The molecule has 12 heteroatoms. The van der Waals surface area contributed by atoms with E-state index < -0.39 is 48.5 Å². The van der Waals surface area contributed by atoms with Gasteiger partial charge in [-0.25, -0.2) is 0 Å². The molecule has 2 aliphatic rings. The van der Waals surface area contributed by atoms with Gasteiger partial charge in [0.15, 0.2) is 0 Å². The maximum atomic E-state index is 11.9. The van der Waals surface area contributed by atoms with Crippen molar-refractivity contribution < 1.29 is 59.1 Å². The van der Waals surface area contributed by atoms with Crippen LogP contribution < -0.4 is 0 Å². The topological polar surface area (TPSA) is 177 Å². The highest BCUT2D eigenvalue weighted by atomic mass is 16.5. The summed E-state index contributed by atoms with van der Waals surface area (Å²) in [6.45, 7) is 11.9. The van der Waals surface area contributed by atoms with Crippen molar-refractivity contribution in [3.05, 3.63) is 196 Å². The van der Waals surface area contributed by atoms with Crippen LogP contribution in [0.3, 0.4) is 0 Å². The molecule has 404 valence electrons. The van der Waals surface area contributed by atoms with Crippen LogP contribution in [0.25, 0.3) is 21.9 Å². The monoisotopic (exact) mass is 1040 g/mol. The summed E-state index contributed by atoms with van der Waals surface area (Å²) in [6.07, 6.45) is -0.910. The van der Waals surface area contributed by atoms with Gasteiger partial charge in [-0.05, 0) is 181 Å². The van der Waals surface area contributed by atoms with Gasteiger partial charge in [0.1, 0.15) is 0 Å². The molecule has 2 aliphatic carbocycles. The highest BCUT2D eigenvalue weighted by Gasteiger charge is 2.37. The lowest BCUT2D eigenvalue weighted by molar-refractivity contribution is 0.176. The van der Waals surface area contributed by atoms with E-state index >= 15 is 0 Å². The Hall–Kier alpha value is -5.42. The summed E-state index contributed by atoms with van der Waals surface area (Å²) >= 11 is 0. The zero-order valence-corrected chi connectivity index (χ0v) is 46.1. The van der Waals surface area contributed by atoms with E-state index in [9.17, 15) is 30.6 Å². The molecule has 8 unspecified atom stereocenters. The molecule has 0 fully saturated rings. The predicted octanol–water partition coefficient (Wildman–Crippen LogP) is 11.2. The first-order chi connectivity index (χ1) is 36.4. The number of hydrogen-bond acceptors (Lipinski definition) is 12. The van der Waals surface area contributed by atoms with Crippen LogP contribution in [-0.2, 0) is 68.1 Å². The van der Waals surface area contributed by atoms with Crippen molar-refractivity contribution in [2.45, 2.75) is 130 Å². The number of benzene rings is 6. The number of methoxy groups -OCH3 is 6. The smallest absolute Gasteiger partial charge is 0.0768 e. The maximum absolute atomic E-state index is 11.9. The van der Waals surface area contributed by atoms with Crippen molar-refractivity contribution in [2.75, 3.05) is 42.7 Å². The second-order valence-electron chi connectivity index (χ2n) is 20.7. The summed E-state index contributed by atoms with van der Waals surface area (Å²) < 4.78 is 35.1. The number of aliphatic hydroxyl groups excluding tert-OH is 6. The van der Waals surface area contributed by atoms with Gasteiger partial charge in [-0.3, -0.25) is 0 Å². The SMILES string of the molecule is COCc1cc(COC)c(C2=CC(c3c(COC)cc(COC)cc3C(C)O)c3ccc4c5c(ccc2c35)C(c2c(COC)cc(C(C)O)cc2C(C)O)C=C4c2c(COC)cc(C(C)O)cc2C(C)O)c(C(C)O)c1. The zero-order chi connectivity index (χ0) is 54.9. The molecule has 6 N–H and O–H groups in total. The average Bonchev–Trinajstić information content (AvgIpc) is 3.37. The summed E-state index contributed by atoms with van der Waals surface area (Å²) in [5.74, 6) is -1.03. The molecule has 12 nitrogen and oxygen atoms in total. The van der Waals surface area contributed by atoms with Gasteiger partial charge in [-0.15, -0.1) is 0 Å². The van der Waals surface area contributed by atoms with E-state index in [4.69, 9.17) is 28.4 Å². The molecule has 6 aromatic rings. The van der Waals surface area contributed by atoms with Gasteiger partial charge in [0.25, 0.3) is 0 Å². The first-order valence-electron chi connectivity index (χ1n) is 26.1. The Morgan fingerprint density at radius 3 is 1.11 bits per heavy atom. The average molecular weight is 1040 g/mol. The van der Waals surface area contributed by atoms with Crippen molar-refractivity contribution in [1.29, 1.82) is 0 Å². The molecule has 0 aromatic heterocycles. The highest BCUT2D eigenvalue weighted by Crippen LogP contribution is 2.55. The molecular formula is C64H76O12. The fraction of sp³-hybridized carbons (Fsp3) is 0.406. The van der Waals surface area contributed by atoms with Crippen molar-refractivity contribution >= 4 is 21.9 Å². The molecule has 76 heavy (non-hydrogen) atoms. The molecule has 0 heterocycles. The summed E-state index contributed by atoms with van der Waals surface area (Å²) in [5, 5.41) is 71.5. The molecular weight excluding hydrogens is 961 g/mol. The van der Waals surface area contributed by atoms with Crippen LogP contribution in [0.2, 0.25) is 0 Å². The van der Waals surface area contributed by atoms with Gasteiger partial charge in [0.05, 0.1) is 76.3 Å². The largest absolute Gasteiger partial charge is 0.389 e. The van der Waals surface area contributed by atoms with Crippen LogP contribution in [0.5, 0.6) is 0 Å². The molecule has 0 saturated heterocycles. The third-order valence-corrected chi connectivity index (χ3v) is 15.2. The van der Waals surface area contributed by atoms with Crippen molar-refractivity contribution in [1.82, 2.24) is 0 Å². The van der Waals surface area contributed by atoms with Crippen LogP contribution in [0.4, 0.5) is 0 Å². The minimum absolute atomic E-state index is 0.171. The lowest BCUT2D eigenvalue weighted by Crippen LogP contribution is -2.19. The van der Waals surface area contributed by atoms with Crippen molar-refractivity contribution in [2.24, 2.45) is 0 Å². The van der Waals surface area contributed by atoms with Crippen molar-refractivity contribution in [3.63, 3.8) is 0 Å². The van der Waals surface area contributed by atoms with E-state index in [0.29, 0.717) is 41.0 Å². The molecule has 8 rings (SSSR count). The number of aliphatic hydroxyl groups is 6. The Labute approximate surface area is 447 Å². The number of ether oxygens (including phenoxy) is 6. The van der Waals surface area contributed by atoms with E-state index in [2.05, 4.69) is 48.6 Å². The lowest BCUT2D eigenvalue weighted by atomic mass is 9.68. The standard InChI is InChI=1S/C64H76O12/c1-33(65)41-21-45(31-75-11)61(53(23-41)37(5)69)57-26-58(62-46(32-76-12)22-42(34(2)66)24-54(62)38(6)70)50-16-14-48-56(60-44(30-74-10)18-40(28-72-8)20-52(60)36(4)68)25-55(47-13-15-49(57)64(50)63(47)48)59-43(29-73-9)17-39(27-71-7)19-51(59)35(3)67/h13-26,33-38,55,58,65-70H,27-32H2,1-12H3. The predicted molar refractivity (Wildman–Crippen MR) is 296 cm³/mol. The van der Waals surface area contributed by atoms with Crippen LogP contribution in [-0.4, -0.2) is 73.3 Å². The van der Waals surface area contributed by atoms with E-state index in [1.165, 1.54) is 0 Å². The quantitative estimate of drug-likeness (QED) is 0.0380. The van der Waals surface area contributed by atoms with E-state index in [1.54, 1.807) is 84.2 Å². The van der Waals surface area contributed by atoms with Gasteiger partial charge < -0.3 is 59.1 Å². The second kappa shape index (κ2) is 24.1. The van der Waals surface area contributed by atoms with E-state index in [0.717, 1.165) is 105 Å². The molecule has 0 amide bonds. The molecule has 6 aromatic carbocycles. The normalized spacial score (nSPS) is 17.6. The van der Waals surface area contributed by atoms with Gasteiger partial charge in [0.2, 0.25) is 0 Å². The Morgan fingerprint density at radius 2 is 0.697 bits per heavy atom. The fourth-order valence-corrected chi connectivity index (χ4v) is 12.1. The third kappa shape index (κ3) is 10.8. The third-order valence-electron chi connectivity index (χ3n) is 15.2. The van der Waals surface area contributed by atoms with E-state index in [-0.39, 0.29) is 26.4 Å². The van der Waals surface area contributed by atoms with Crippen LogP contribution >= 0.6 is 0 Å². The summed E-state index contributed by atoms with van der Waals surface area (Å²) in [5.41, 5.74) is 17.7. The van der Waals surface area contributed by atoms with Crippen LogP contribution in [0, 0.1) is 0 Å². The molecule has 0 bridgehead atoms. The number of hydrogen-bond donors (Lipinski definition) is 6. The molecule has 0 saturated carbocycles. The maximum Gasteiger partial charge on any atom is 0.0768 e. The molecule has 0 spiro atoms. The minimum Gasteiger partial charge on any atom is -0.389 e. The van der Waals surface area contributed by atoms with Gasteiger partial charge in [0, 0.05) is 54.5 Å². The summed E-state index contributed by atoms with van der Waals surface area (Å²) in [4.78, 5) is 0. The Morgan fingerprint density at radius 1 is 0.368 bits per heavy atom. The van der Waals surface area contributed by atoms with Gasteiger partial charge >= 0.3 is 0 Å². The Kier molecular flexibility index (Phi) is 18.0. The first kappa shape index (κ1) is 56.8. The second-order valence-corrected chi connectivity index (χ2v) is 20.7. The summed E-state index contributed by atoms with van der Waals surface area (Å²) in [7, 11) is 9.89. The van der Waals surface area contributed by atoms with Gasteiger partial charge in [-0.1, -0.05) is 78.9 Å². The number of allylic oxidation sites excluding steroid dienone is 2. The molecule has 8 atom stereocenters. The minimum atomic E-state index is -0.968. The van der Waals surface area contributed by atoms with Crippen molar-refractivity contribution in [3.8, 4) is 0 Å². The van der Waals surface area contributed by atoms with Crippen LogP contribution in [0.15, 0.2) is 84.9 Å². The number of rotatable bonds is 22. The van der Waals surface area contributed by atoms with Crippen LogP contribution in [0.1, 0.15) is 201 Å². The zero-order valence-electron chi connectivity index (χ0n) is 46.1. The lowest BCUT2D eigenvalue weighted by Gasteiger charge is -2.36. The van der Waals surface area contributed by atoms with E-state index in [1.807, 2.05) is 36.4 Å². The highest BCUT2D eigenvalue weighted by molar-refractivity contribution is 6.12. The first-order valence-corrected chi connectivity index (χ1v) is 26.1. The Balaban J connectivity index is 1.62. The molecule has 0 radical (unpaired) electrons. The Bertz CT molecular complexity index is 3160. The van der Waals surface area contributed by atoms with Gasteiger partial charge in [-0.2, -0.15) is 0 Å². The molecule has 0 aliphatic heterocycles. The summed E-state index contributed by atoms with van der Waals surface area (Å²) in [6, 6.07) is 24.5. The fourth-order valence-electron chi connectivity index (χ4n) is 12.1.